The molecule has 2 nitrogen and oxygen atoms in total. The zero-order valence-corrected chi connectivity index (χ0v) is 17.5. The number of nitrogens with one attached hydrogen (secondary N) is 1. The lowest BCUT2D eigenvalue weighted by Gasteiger charge is -2.17. The minimum absolute atomic E-state index is 0.319. The normalized spacial score (nSPS) is 16.4. The van der Waals surface area contributed by atoms with E-state index in [1.54, 1.807) is 0 Å². The lowest BCUT2D eigenvalue weighted by Crippen LogP contribution is -1.99. The predicted molar refractivity (Wildman–Crippen MR) is 134 cm³/mol. The molecule has 0 fully saturated rings. The molecule has 0 aliphatic heterocycles. The number of fused-ring (bicyclic) bond motifs is 6. The third-order valence-electron chi connectivity index (χ3n) is 6.77. The van der Waals surface area contributed by atoms with Crippen molar-refractivity contribution in [3.8, 4) is 0 Å². The van der Waals surface area contributed by atoms with Crippen LogP contribution < -0.4 is 0 Å². The van der Waals surface area contributed by atoms with E-state index < -0.39 is 0 Å². The van der Waals surface area contributed by atoms with Gasteiger partial charge in [0, 0.05) is 44.1 Å². The summed E-state index contributed by atoms with van der Waals surface area (Å²) < 4.78 is 6.27. The second kappa shape index (κ2) is 6.73. The van der Waals surface area contributed by atoms with Crippen LogP contribution in [0.5, 0.6) is 0 Å². The lowest BCUT2D eigenvalue weighted by molar-refractivity contribution is 0.657. The van der Waals surface area contributed by atoms with Crippen LogP contribution in [-0.4, -0.2) is 4.98 Å². The highest BCUT2D eigenvalue weighted by molar-refractivity contribution is 6.08. The van der Waals surface area contributed by atoms with E-state index in [0.29, 0.717) is 5.92 Å². The number of aromatic nitrogens is 1. The molecule has 1 atom stereocenters. The first-order valence-corrected chi connectivity index (χ1v) is 11.1. The first-order valence-electron chi connectivity index (χ1n) is 11.1. The molecule has 152 valence electrons. The summed E-state index contributed by atoms with van der Waals surface area (Å²) in [5.41, 5.74) is 8.15. The molecule has 2 heterocycles. The molecule has 32 heavy (non-hydrogen) atoms. The Morgan fingerprint density at radius 3 is 2.44 bits per heavy atom. The molecular formula is C30H21NO. The van der Waals surface area contributed by atoms with Gasteiger partial charge in [-0.25, -0.2) is 0 Å². The first kappa shape index (κ1) is 17.6. The van der Waals surface area contributed by atoms with E-state index in [0.717, 1.165) is 17.6 Å². The number of allylic oxidation sites excluding steroid dienone is 4. The van der Waals surface area contributed by atoms with Gasteiger partial charge in [0.15, 0.2) is 0 Å². The summed E-state index contributed by atoms with van der Waals surface area (Å²) in [4.78, 5) is 3.52. The zero-order valence-electron chi connectivity index (χ0n) is 17.5. The van der Waals surface area contributed by atoms with Crippen molar-refractivity contribution in [2.24, 2.45) is 0 Å². The molecule has 4 aromatic carbocycles. The Morgan fingerprint density at radius 2 is 1.53 bits per heavy atom. The summed E-state index contributed by atoms with van der Waals surface area (Å²) in [5, 5.41) is 4.94. The Kier molecular flexibility index (Phi) is 3.71. The Labute approximate surface area is 185 Å². The quantitative estimate of drug-likeness (QED) is 0.305. The van der Waals surface area contributed by atoms with Gasteiger partial charge < -0.3 is 9.40 Å². The third-order valence-corrected chi connectivity index (χ3v) is 6.77. The van der Waals surface area contributed by atoms with E-state index in [2.05, 4.69) is 102 Å². The maximum Gasteiger partial charge on any atom is 0.139 e. The minimum atomic E-state index is 0.319. The van der Waals surface area contributed by atoms with Crippen LogP contribution in [0, 0.1) is 0 Å². The van der Waals surface area contributed by atoms with Gasteiger partial charge in [-0.2, -0.15) is 0 Å². The van der Waals surface area contributed by atoms with Gasteiger partial charge in [0.05, 0.1) is 0 Å². The summed E-state index contributed by atoms with van der Waals surface area (Å²) in [6, 6.07) is 30.0. The molecule has 0 saturated carbocycles. The van der Waals surface area contributed by atoms with Crippen molar-refractivity contribution in [3.05, 3.63) is 114 Å². The summed E-state index contributed by atoms with van der Waals surface area (Å²) in [5.74, 6) is 0.319. The second-order valence-corrected chi connectivity index (χ2v) is 8.61. The molecule has 6 aromatic rings. The second-order valence-electron chi connectivity index (χ2n) is 8.61. The molecule has 0 saturated heterocycles. The van der Waals surface area contributed by atoms with Crippen molar-refractivity contribution >= 4 is 49.3 Å². The van der Waals surface area contributed by atoms with Crippen LogP contribution in [0.3, 0.4) is 0 Å². The van der Waals surface area contributed by atoms with Crippen LogP contribution in [0.2, 0.25) is 0 Å². The summed E-state index contributed by atoms with van der Waals surface area (Å²) in [6.45, 7) is 0. The van der Waals surface area contributed by atoms with E-state index in [-0.39, 0.29) is 0 Å². The fourth-order valence-corrected chi connectivity index (χ4v) is 5.15. The van der Waals surface area contributed by atoms with Crippen LogP contribution >= 0.6 is 0 Å². The number of furan rings is 1. The number of aromatic amines is 1. The molecule has 0 amide bonds. The molecule has 2 aromatic heterocycles. The van der Waals surface area contributed by atoms with E-state index >= 15 is 0 Å². The van der Waals surface area contributed by atoms with Crippen LogP contribution in [0.25, 0.3) is 49.3 Å². The monoisotopic (exact) mass is 411 g/mol. The fraction of sp³-hybridized carbons (Fsp3) is 0.0667. The van der Waals surface area contributed by atoms with Crippen LogP contribution in [0.1, 0.15) is 23.5 Å². The molecule has 7 rings (SSSR count). The standard InChI is InChI=1S/C30H21NO/c1-3-10-27-23(6-1)26-18-21(16-17-28(26)31-27)19-12-14-20(15-13-19)22-8-5-9-25-24-7-2-4-11-29(24)32-30(22)25/h1-14,16-18,20,31H,15H2. The van der Waals surface area contributed by atoms with Gasteiger partial charge >= 0.3 is 0 Å². The Balaban J connectivity index is 1.26. The van der Waals surface area contributed by atoms with Crippen molar-refractivity contribution < 1.29 is 4.42 Å². The molecule has 0 radical (unpaired) electrons. The van der Waals surface area contributed by atoms with Crippen molar-refractivity contribution in [1.29, 1.82) is 0 Å². The first-order chi connectivity index (χ1) is 15.8. The molecule has 0 spiro atoms. The highest BCUT2D eigenvalue weighted by atomic mass is 16.3. The number of hydrogen-bond donors (Lipinski definition) is 1. The maximum absolute atomic E-state index is 6.27. The highest BCUT2D eigenvalue weighted by Gasteiger charge is 2.18. The molecule has 1 unspecified atom stereocenters. The van der Waals surface area contributed by atoms with Crippen molar-refractivity contribution in [2.45, 2.75) is 12.3 Å². The average molecular weight is 412 g/mol. The largest absolute Gasteiger partial charge is 0.456 e. The van der Waals surface area contributed by atoms with Gasteiger partial charge in [-0.15, -0.1) is 0 Å². The average Bonchev–Trinajstić information content (AvgIpc) is 3.42. The van der Waals surface area contributed by atoms with Gasteiger partial charge in [0.2, 0.25) is 0 Å². The lowest BCUT2D eigenvalue weighted by atomic mass is 9.87. The van der Waals surface area contributed by atoms with Gasteiger partial charge in [-0.1, -0.05) is 78.9 Å². The van der Waals surface area contributed by atoms with Gasteiger partial charge in [0.1, 0.15) is 11.2 Å². The predicted octanol–water partition coefficient (Wildman–Crippen LogP) is 8.35. The number of para-hydroxylation sites is 3. The van der Waals surface area contributed by atoms with Gasteiger partial charge in [0.25, 0.3) is 0 Å². The van der Waals surface area contributed by atoms with Crippen LogP contribution in [0.15, 0.2) is 108 Å². The van der Waals surface area contributed by atoms with Gasteiger partial charge in [-0.3, -0.25) is 0 Å². The number of hydrogen-bond acceptors (Lipinski definition) is 1. The molecule has 0 bridgehead atoms. The molecule has 1 aliphatic carbocycles. The van der Waals surface area contributed by atoms with Crippen molar-refractivity contribution in [3.63, 3.8) is 0 Å². The summed E-state index contributed by atoms with van der Waals surface area (Å²) >= 11 is 0. The summed E-state index contributed by atoms with van der Waals surface area (Å²) in [7, 11) is 0. The topological polar surface area (TPSA) is 28.9 Å². The van der Waals surface area contributed by atoms with E-state index in [1.165, 1.54) is 49.3 Å². The smallest absolute Gasteiger partial charge is 0.139 e. The van der Waals surface area contributed by atoms with E-state index in [1.807, 2.05) is 6.07 Å². The van der Waals surface area contributed by atoms with Gasteiger partial charge in [-0.05, 0) is 41.8 Å². The zero-order chi connectivity index (χ0) is 21.1. The Bertz CT molecular complexity index is 1710. The van der Waals surface area contributed by atoms with Crippen molar-refractivity contribution in [2.75, 3.05) is 0 Å². The summed E-state index contributed by atoms with van der Waals surface area (Å²) in [6.07, 6.45) is 7.93. The number of rotatable bonds is 2. The Morgan fingerprint density at radius 1 is 0.719 bits per heavy atom. The van der Waals surface area contributed by atoms with Crippen molar-refractivity contribution in [1.82, 2.24) is 4.98 Å². The number of benzene rings is 4. The van der Waals surface area contributed by atoms with Crippen LogP contribution in [-0.2, 0) is 0 Å². The minimum Gasteiger partial charge on any atom is -0.456 e. The Hall–Kier alpha value is -4.04. The van der Waals surface area contributed by atoms with E-state index in [9.17, 15) is 0 Å². The third kappa shape index (κ3) is 2.59. The number of H-pyrrole nitrogens is 1. The molecule has 1 N–H and O–H groups in total. The fourth-order valence-electron chi connectivity index (χ4n) is 5.15. The highest BCUT2D eigenvalue weighted by Crippen LogP contribution is 2.38. The maximum atomic E-state index is 6.27. The SMILES string of the molecule is C1=CC(c2cccc3c2oc2ccccc23)CC=C1c1ccc2[nH]c3ccccc3c2c1. The molecule has 1 aliphatic rings. The molecule has 2 heteroatoms. The molecular weight excluding hydrogens is 390 g/mol. The van der Waals surface area contributed by atoms with E-state index in [4.69, 9.17) is 4.42 Å². The van der Waals surface area contributed by atoms with Crippen LogP contribution in [0.4, 0.5) is 0 Å².